The molecule has 0 aliphatic heterocycles. The molecule has 0 radical (unpaired) electrons. The fourth-order valence-corrected chi connectivity index (χ4v) is 2.07. The van der Waals surface area contributed by atoms with E-state index in [1.54, 1.807) is 11.3 Å². The lowest BCUT2D eigenvalue weighted by Crippen LogP contribution is -1.91. The maximum atomic E-state index is 5.52. The van der Waals surface area contributed by atoms with Crippen molar-refractivity contribution in [3.05, 3.63) is 45.8 Å². The summed E-state index contributed by atoms with van der Waals surface area (Å²) in [5, 5.41) is 2.19. The van der Waals surface area contributed by atoms with Gasteiger partial charge in [-0.2, -0.15) is 0 Å². The standard InChI is InChI=1S/C11H12N2S/c1-8-4-10(7-14-8)5-9-2-3-11(12)13-6-9/h2-4,6-7H,5H2,1H3,(H2,12,13). The molecule has 0 saturated heterocycles. The second-order valence-corrected chi connectivity index (χ2v) is 4.45. The molecule has 0 amide bonds. The molecule has 3 heteroatoms. The fraction of sp³-hybridized carbons (Fsp3) is 0.182. The lowest BCUT2D eigenvalue weighted by Gasteiger charge is -1.98. The third-order valence-corrected chi connectivity index (χ3v) is 2.95. The molecule has 2 heterocycles. The van der Waals surface area contributed by atoms with Crippen LogP contribution in [0.5, 0.6) is 0 Å². The van der Waals surface area contributed by atoms with E-state index in [0.717, 1.165) is 6.42 Å². The maximum absolute atomic E-state index is 5.52. The molecular weight excluding hydrogens is 192 g/mol. The van der Waals surface area contributed by atoms with E-state index in [1.165, 1.54) is 16.0 Å². The normalized spacial score (nSPS) is 10.4. The molecule has 0 aromatic carbocycles. The van der Waals surface area contributed by atoms with E-state index in [0.29, 0.717) is 5.82 Å². The number of nitrogens with two attached hydrogens (primary N) is 1. The van der Waals surface area contributed by atoms with Crippen molar-refractivity contribution in [2.75, 3.05) is 5.73 Å². The number of nitrogens with zero attached hydrogens (tertiary/aromatic N) is 1. The zero-order chi connectivity index (χ0) is 9.97. The minimum atomic E-state index is 0.579. The third kappa shape index (κ3) is 2.12. The zero-order valence-electron chi connectivity index (χ0n) is 8.03. The summed E-state index contributed by atoms with van der Waals surface area (Å²) in [6.45, 7) is 2.12. The summed E-state index contributed by atoms with van der Waals surface area (Å²) in [5.74, 6) is 0.579. The number of aromatic nitrogens is 1. The van der Waals surface area contributed by atoms with E-state index in [4.69, 9.17) is 5.73 Å². The van der Waals surface area contributed by atoms with Crippen molar-refractivity contribution < 1.29 is 0 Å². The first kappa shape index (κ1) is 9.21. The van der Waals surface area contributed by atoms with Crippen LogP contribution in [0.2, 0.25) is 0 Å². The minimum absolute atomic E-state index is 0.579. The monoisotopic (exact) mass is 204 g/mol. The SMILES string of the molecule is Cc1cc(Cc2ccc(N)nc2)cs1. The molecule has 0 fully saturated rings. The summed E-state index contributed by atoms with van der Waals surface area (Å²) in [7, 11) is 0. The highest BCUT2D eigenvalue weighted by molar-refractivity contribution is 7.10. The van der Waals surface area contributed by atoms with Crippen LogP contribution in [-0.4, -0.2) is 4.98 Å². The molecule has 0 saturated carbocycles. The Bertz CT molecular complexity index is 417. The predicted octanol–water partition coefficient (Wildman–Crippen LogP) is 2.62. The van der Waals surface area contributed by atoms with Crippen molar-refractivity contribution >= 4 is 17.2 Å². The van der Waals surface area contributed by atoms with Gasteiger partial charge in [-0.25, -0.2) is 4.98 Å². The van der Waals surface area contributed by atoms with Crippen LogP contribution in [0.1, 0.15) is 16.0 Å². The molecule has 2 N–H and O–H groups in total. The molecule has 0 aliphatic carbocycles. The van der Waals surface area contributed by atoms with Gasteiger partial charge in [-0.3, -0.25) is 0 Å². The van der Waals surface area contributed by atoms with Gasteiger partial charge in [0.15, 0.2) is 0 Å². The highest BCUT2D eigenvalue weighted by Gasteiger charge is 1.98. The second-order valence-electron chi connectivity index (χ2n) is 3.33. The summed E-state index contributed by atoms with van der Waals surface area (Å²) >= 11 is 1.78. The molecular formula is C11H12N2S. The molecule has 0 spiro atoms. The molecule has 0 unspecified atom stereocenters. The average Bonchev–Trinajstić information content (AvgIpc) is 2.56. The van der Waals surface area contributed by atoms with Gasteiger partial charge in [-0.05, 0) is 42.0 Å². The Labute approximate surface area is 87.4 Å². The van der Waals surface area contributed by atoms with Crippen molar-refractivity contribution in [3.63, 3.8) is 0 Å². The van der Waals surface area contributed by atoms with E-state index in [-0.39, 0.29) is 0 Å². The maximum Gasteiger partial charge on any atom is 0.123 e. The largest absolute Gasteiger partial charge is 0.384 e. The van der Waals surface area contributed by atoms with Crippen molar-refractivity contribution in [3.8, 4) is 0 Å². The van der Waals surface area contributed by atoms with Crippen LogP contribution in [0.15, 0.2) is 29.8 Å². The molecule has 2 aromatic heterocycles. The first-order valence-electron chi connectivity index (χ1n) is 4.48. The van der Waals surface area contributed by atoms with Gasteiger partial charge in [-0.15, -0.1) is 11.3 Å². The van der Waals surface area contributed by atoms with Gasteiger partial charge >= 0.3 is 0 Å². The van der Waals surface area contributed by atoms with E-state index < -0.39 is 0 Å². The van der Waals surface area contributed by atoms with Crippen molar-refractivity contribution in [1.29, 1.82) is 0 Å². The van der Waals surface area contributed by atoms with Crippen LogP contribution in [0.3, 0.4) is 0 Å². The molecule has 0 aliphatic rings. The summed E-state index contributed by atoms with van der Waals surface area (Å²) in [6.07, 6.45) is 2.78. The predicted molar refractivity (Wildman–Crippen MR) is 60.5 cm³/mol. The van der Waals surface area contributed by atoms with Crippen LogP contribution in [-0.2, 0) is 6.42 Å². The van der Waals surface area contributed by atoms with Crippen LogP contribution < -0.4 is 5.73 Å². The smallest absolute Gasteiger partial charge is 0.123 e. The number of hydrogen-bond donors (Lipinski definition) is 1. The molecule has 14 heavy (non-hydrogen) atoms. The van der Waals surface area contributed by atoms with E-state index in [2.05, 4.69) is 23.4 Å². The van der Waals surface area contributed by atoms with Crippen molar-refractivity contribution in [2.45, 2.75) is 13.3 Å². The first-order chi connectivity index (χ1) is 6.74. The van der Waals surface area contributed by atoms with E-state index in [9.17, 15) is 0 Å². The Hall–Kier alpha value is -1.35. The Morgan fingerprint density at radius 2 is 2.21 bits per heavy atom. The molecule has 2 rings (SSSR count). The van der Waals surface area contributed by atoms with Crippen molar-refractivity contribution in [1.82, 2.24) is 4.98 Å². The number of aryl methyl sites for hydroxylation is 1. The third-order valence-electron chi connectivity index (χ3n) is 2.04. The van der Waals surface area contributed by atoms with Gasteiger partial charge in [0.2, 0.25) is 0 Å². The van der Waals surface area contributed by atoms with Crippen LogP contribution >= 0.6 is 11.3 Å². The van der Waals surface area contributed by atoms with Crippen molar-refractivity contribution in [2.24, 2.45) is 0 Å². The minimum Gasteiger partial charge on any atom is -0.384 e. The van der Waals surface area contributed by atoms with E-state index in [1.807, 2.05) is 18.3 Å². The van der Waals surface area contributed by atoms with Gasteiger partial charge in [0.1, 0.15) is 5.82 Å². The highest BCUT2D eigenvalue weighted by Crippen LogP contribution is 2.16. The number of hydrogen-bond acceptors (Lipinski definition) is 3. The summed E-state index contributed by atoms with van der Waals surface area (Å²) in [4.78, 5) is 5.41. The number of rotatable bonds is 2. The number of pyridine rings is 1. The first-order valence-corrected chi connectivity index (χ1v) is 5.36. The summed E-state index contributed by atoms with van der Waals surface area (Å²) in [5.41, 5.74) is 8.07. The number of thiophene rings is 1. The van der Waals surface area contributed by atoms with Crippen LogP contribution in [0, 0.1) is 6.92 Å². The molecule has 72 valence electrons. The fourth-order valence-electron chi connectivity index (χ4n) is 1.37. The number of anilines is 1. The molecule has 0 atom stereocenters. The summed E-state index contributed by atoms with van der Waals surface area (Å²) in [6, 6.07) is 6.07. The second kappa shape index (κ2) is 3.80. The Balaban J connectivity index is 2.15. The highest BCUT2D eigenvalue weighted by atomic mass is 32.1. The van der Waals surface area contributed by atoms with Gasteiger partial charge < -0.3 is 5.73 Å². The molecule has 2 aromatic rings. The molecule has 2 nitrogen and oxygen atoms in total. The van der Waals surface area contributed by atoms with E-state index >= 15 is 0 Å². The Morgan fingerprint density at radius 1 is 1.36 bits per heavy atom. The topological polar surface area (TPSA) is 38.9 Å². The Kier molecular flexibility index (Phi) is 2.50. The quantitative estimate of drug-likeness (QED) is 0.816. The van der Waals surface area contributed by atoms with Gasteiger partial charge in [0, 0.05) is 11.1 Å². The van der Waals surface area contributed by atoms with Crippen LogP contribution in [0.4, 0.5) is 5.82 Å². The van der Waals surface area contributed by atoms with Gasteiger partial charge in [0.25, 0.3) is 0 Å². The van der Waals surface area contributed by atoms with Gasteiger partial charge in [-0.1, -0.05) is 6.07 Å². The number of nitrogen functional groups attached to an aromatic ring is 1. The summed E-state index contributed by atoms with van der Waals surface area (Å²) < 4.78 is 0. The molecule has 0 bridgehead atoms. The zero-order valence-corrected chi connectivity index (χ0v) is 8.84. The Morgan fingerprint density at radius 3 is 2.79 bits per heavy atom. The lowest BCUT2D eigenvalue weighted by molar-refractivity contribution is 1.16. The van der Waals surface area contributed by atoms with Crippen LogP contribution in [0.25, 0.3) is 0 Å². The van der Waals surface area contributed by atoms with Gasteiger partial charge in [0.05, 0.1) is 0 Å². The lowest BCUT2D eigenvalue weighted by atomic mass is 10.1. The average molecular weight is 204 g/mol.